The van der Waals surface area contributed by atoms with Gasteiger partial charge in [0.1, 0.15) is 9.88 Å². The highest BCUT2D eigenvalue weighted by molar-refractivity contribution is 7.19. The van der Waals surface area contributed by atoms with Crippen molar-refractivity contribution in [2.45, 2.75) is 58.4 Å². The molecule has 3 rings (SSSR count). The maximum Gasteiger partial charge on any atom is 0.256 e. The molecule has 1 aromatic heterocycles. The van der Waals surface area contributed by atoms with Gasteiger partial charge in [-0.05, 0) is 37.2 Å². The molecule has 4 N–H and O–H groups in total. The van der Waals surface area contributed by atoms with Gasteiger partial charge in [0.2, 0.25) is 5.78 Å². The highest BCUT2D eigenvalue weighted by Gasteiger charge is 2.30. The number of benzene rings is 1. The predicted molar refractivity (Wildman–Crippen MR) is 127 cm³/mol. The van der Waals surface area contributed by atoms with Gasteiger partial charge in [0.05, 0.1) is 11.3 Å². The lowest BCUT2D eigenvalue weighted by Gasteiger charge is -2.18. The Morgan fingerprint density at radius 1 is 1.19 bits per heavy atom. The smallest absolute Gasteiger partial charge is 0.256 e. The summed E-state index contributed by atoms with van der Waals surface area (Å²) >= 11 is 1.25. The molecule has 1 heterocycles. The van der Waals surface area contributed by atoms with E-state index in [1.54, 1.807) is 0 Å². The number of amides is 1. The third-order valence-electron chi connectivity index (χ3n) is 5.26. The molecule has 0 radical (unpaired) electrons. The van der Waals surface area contributed by atoms with E-state index < -0.39 is 0 Å². The van der Waals surface area contributed by atoms with Crippen LogP contribution in [0.2, 0.25) is 0 Å². The van der Waals surface area contributed by atoms with E-state index in [2.05, 4.69) is 31.4 Å². The fourth-order valence-electron chi connectivity index (χ4n) is 3.22. The molecule has 0 atom stereocenters. The first kappa shape index (κ1) is 23.3. The normalized spacial score (nSPS) is 13.8. The number of carbonyl (C=O) groups excluding carboxylic acids is 2. The average Bonchev–Trinajstić information content (AvgIpc) is 3.47. The van der Waals surface area contributed by atoms with Crippen LogP contribution < -0.4 is 16.4 Å². The van der Waals surface area contributed by atoms with Crippen molar-refractivity contribution in [3.05, 3.63) is 45.8 Å². The van der Waals surface area contributed by atoms with E-state index >= 15 is 0 Å². The van der Waals surface area contributed by atoms with Crippen molar-refractivity contribution in [1.29, 1.82) is 0 Å². The second-order valence-electron chi connectivity index (χ2n) is 8.93. The molecule has 31 heavy (non-hydrogen) atoms. The standard InChI is InChI=1S/C24H33N3O3S/c1-5-30-14-6-13-26-23-18(22(29)27-17-11-12-17)19(25)21(31-23)20(28)15-7-9-16(10-8-15)24(2,3)4/h7-10,17,26H,5-6,11-14,25H2,1-4H3,(H,27,29). The first-order valence-corrected chi connectivity index (χ1v) is 11.7. The second kappa shape index (κ2) is 9.83. The minimum atomic E-state index is -0.217. The first-order chi connectivity index (χ1) is 14.7. The van der Waals surface area contributed by atoms with E-state index in [1.807, 2.05) is 31.2 Å². The maximum atomic E-state index is 13.2. The van der Waals surface area contributed by atoms with Crippen LogP contribution in [0.25, 0.3) is 0 Å². The summed E-state index contributed by atoms with van der Waals surface area (Å²) < 4.78 is 5.37. The lowest BCUT2D eigenvalue weighted by atomic mass is 9.86. The molecule has 0 saturated heterocycles. The number of hydrogen-bond donors (Lipinski definition) is 3. The molecule has 1 aliphatic carbocycles. The van der Waals surface area contributed by atoms with Crippen LogP contribution >= 0.6 is 11.3 Å². The molecular weight excluding hydrogens is 410 g/mol. The van der Waals surface area contributed by atoms with Crippen molar-refractivity contribution >= 4 is 33.7 Å². The number of anilines is 2. The van der Waals surface area contributed by atoms with Gasteiger partial charge in [-0.2, -0.15) is 0 Å². The molecule has 0 aliphatic heterocycles. The molecule has 6 nitrogen and oxygen atoms in total. The van der Waals surface area contributed by atoms with Crippen LogP contribution in [-0.2, 0) is 10.2 Å². The predicted octanol–water partition coefficient (Wildman–Crippen LogP) is 4.59. The summed E-state index contributed by atoms with van der Waals surface area (Å²) in [7, 11) is 0. The van der Waals surface area contributed by atoms with Crippen LogP contribution in [0.5, 0.6) is 0 Å². The lowest BCUT2D eigenvalue weighted by molar-refractivity contribution is 0.0953. The molecule has 0 spiro atoms. The highest BCUT2D eigenvalue weighted by atomic mass is 32.1. The number of ether oxygens (including phenoxy) is 1. The summed E-state index contributed by atoms with van der Waals surface area (Å²) in [5.41, 5.74) is 8.72. The Balaban J connectivity index is 1.84. The highest BCUT2D eigenvalue weighted by Crippen LogP contribution is 2.38. The number of thiophene rings is 1. The fraction of sp³-hybridized carbons (Fsp3) is 0.500. The number of ketones is 1. The Kier molecular flexibility index (Phi) is 7.38. The zero-order valence-corrected chi connectivity index (χ0v) is 19.7. The third-order valence-corrected chi connectivity index (χ3v) is 6.42. The van der Waals surface area contributed by atoms with E-state index in [1.165, 1.54) is 11.3 Å². The molecule has 168 valence electrons. The van der Waals surface area contributed by atoms with Crippen molar-refractivity contribution in [2.24, 2.45) is 0 Å². The molecule has 0 bridgehead atoms. The number of nitrogen functional groups attached to an aromatic ring is 1. The van der Waals surface area contributed by atoms with E-state index in [0.717, 1.165) is 24.8 Å². The fourth-order valence-corrected chi connectivity index (χ4v) is 4.33. The van der Waals surface area contributed by atoms with Crippen LogP contribution in [0.15, 0.2) is 24.3 Å². The van der Waals surface area contributed by atoms with Crippen molar-refractivity contribution in [2.75, 3.05) is 30.8 Å². The largest absolute Gasteiger partial charge is 0.397 e. The molecule has 1 aromatic carbocycles. The monoisotopic (exact) mass is 443 g/mol. The van der Waals surface area contributed by atoms with Gasteiger partial charge >= 0.3 is 0 Å². The Bertz CT molecular complexity index is 925. The number of nitrogens with two attached hydrogens (primary N) is 1. The van der Waals surface area contributed by atoms with Crippen LogP contribution in [0, 0.1) is 0 Å². The molecule has 1 amide bonds. The zero-order valence-electron chi connectivity index (χ0n) is 18.8. The molecule has 1 fully saturated rings. The summed E-state index contributed by atoms with van der Waals surface area (Å²) in [5, 5.41) is 6.92. The van der Waals surface area contributed by atoms with Crippen molar-refractivity contribution in [3.8, 4) is 0 Å². The van der Waals surface area contributed by atoms with Crippen LogP contribution in [0.4, 0.5) is 10.7 Å². The van der Waals surface area contributed by atoms with Gasteiger partial charge in [-0.25, -0.2) is 0 Å². The second-order valence-corrected chi connectivity index (χ2v) is 9.95. The van der Waals surface area contributed by atoms with Gasteiger partial charge in [-0.1, -0.05) is 45.0 Å². The van der Waals surface area contributed by atoms with Crippen molar-refractivity contribution in [3.63, 3.8) is 0 Å². The van der Waals surface area contributed by atoms with Crippen LogP contribution in [-0.4, -0.2) is 37.5 Å². The summed E-state index contributed by atoms with van der Waals surface area (Å²) in [6.07, 6.45) is 2.77. The molecule has 0 unspecified atom stereocenters. The average molecular weight is 444 g/mol. The SMILES string of the molecule is CCOCCCNc1sc(C(=O)c2ccc(C(C)(C)C)cc2)c(N)c1C(=O)NC1CC1. The number of rotatable bonds is 10. The van der Waals surface area contributed by atoms with E-state index in [0.29, 0.717) is 40.8 Å². The first-order valence-electron chi connectivity index (χ1n) is 10.9. The number of carbonyl (C=O) groups is 2. The van der Waals surface area contributed by atoms with Crippen molar-refractivity contribution < 1.29 is 14.3 Å². The molecule has 7 heteroatoms. The van der Waals surface area contributed by atoms with E-state index in [-0.39, 0.29) is 28.8 Å². The Labute approximate surface area is 188 Å². The quantitative estimate of drug-likeness (QED) is 0.369. The maximum absolute atomic E-state index is 13.2. The Morgan fingerprint density at radius 3 is 2.45 bits per heavy atom. The number of nitrogens with one attached hydrogen (secondary N) is 2. The summed E-state index contributed by atoms with van der Waals surface area (Å²) in [4.78, 5) is 26.5. The van der Waals surface area contributed by atoms with Gasteiger partial charge < -0.3 is 21.1 Å². The molecular formula is C24H33N3O3S. The van der Waals surface area contributed by atoms with Crippen molar-refractivity contribution in [1.82, 2.24) is 5.32 Å². The van der Waals surface area contributed by atoms with Gasteiger partial charge in [-0.15, -0.1) is 11.3 Å². The molecule has 2 aromatic rings. The van der Waals surface area contributed by atoms with Gasteiger partial charge in [0.25, 0.3) is 5.91 Å². The van der Waals surface area contributed by atoms with Crippen LogP contribution in [0.1, 0.15) is 78.1 Å². The molecule has 1 saturated carbocycles. The number of hydrogen-bond acceptors (Lipinski definition) is 6. The summed E-state index contributed by atoms with van der Waals surface area (Å²) in [6.45, 7) is 10.3. The summed E-state index contributed by atoms with van der Waals surface area (Å²) in [6, 6.07) is 7.83. The van der Waals surface area contributed by atoms with Gasteiger partial charge in [0.15, 0.2) is 0 Å². The minimum absolute atomic E-state index is 0.0101. The van der Waals surface area contributed by atoms with Gasteiger partial charge in [0, 0.05) is 31.4 Å². The Morgan fingerprint density at radius 2 is 1.87 bits per heavy atom. The zero-order chi connectivity index (χ0) is 22.6. The summed E-state index contributed by atoms with van der Waals surface area (Å²) in [5.74, 6) is -0.378. The van der Waals surface area contributed by atoms with Gasteiger partial charge in [-0.3, -0.25) is 9.59 Å². The van der Waals surface area contributed by atoms with Crippen LogP contribution in [0.3, 0.4) is 0 Å². The Hall–Kier alpha value is -2.38. The van der Waals surface area contributed by atoms with E-state index in [9.17, 15) is 9.59 Å². The molecule has 1 aliphatic rings. The lowest BCUT2D eigenvalue weighted by Crippen LogP contribution is -2.26. The third kappa shape index (κ3) is 5.86. The van der Waals surface area contributed by atoms with E-state index in [4.69, 9.17) is 10.5 Å². The topological polar surface area (TPSA) is 93.4 Å². The minimum Gasteiger partial charge on any atom is -0.397 e.